The first-order chi connectivity index (χ1) is 19.8. The fourth-order valence-corrected chi connectivity index (χ4v) is 5.02. The van der Waals surface area contributed by atoms with Crippen LogP contribution in [0, 0.1) is 6.92 Å². The highest BCUT2D eigenvalue weighted by Gasteiger charge is 2.34. The van der Waals surface area contributed by atoms with Crippen LogP contribution in [0.1, 0.15) is 52.4 Å². The first kappa shape index (κ1) is 27.5. The van der Waals surface area contributed by atoms with Crippen LogP contribution < -0.4 is 15.5 Å². The highest BCUT2D eigenvalue weighted by molar-refractivity contribution is 6.21. The van der Waals surface area contributed by atoms with E-state index in [2.05, 4.69) is 10.6 Å². The molecule has 0 aliphatic carbocycles. The second-order valence-corrected chi connectivity index (χ2v) is 10.3. The molecule has 1 aliphatic rings. The molecule has 7 heteroatoms. The lowest BCUT2D eigenvalue weighted by atomic mass is 9.99. The van der Waals surface area contributed by atoms with Gasteiger partial charge in [0.1, 0.15) is 0 Å². The van der Waals surface area contributed by atoms with Crippen LogP contribution in [0.2, 0.25) is 0 Å². The molecule has 5 rings (SSSR count). The number of urea groups is 1. The van der Waals surface area contributed by atoms with Gasteiger partial charge in [0.2, 0.25) is 6.17 Å². The van der Waals surface area contributed by atoms with E-state index in [0.717, 1.165) is 16.7 Å². The number of rotatable bonds is 7. The Labute approximate surface area is 239 Å². The van der Waals surface area contributed by atoms with Crippen molar-refractivity contribution >= 4 is 34.8 Å². The minimum atomic E-state index is -1.27. The van der Waals surface area contributed by atoms with E-state index in [-0.39, 0.29) is 18.2 Å². The van der Waals surface area contributed by atoms with Crippen LogP contribution in [0.4, 0.5) is 16.2 Å². The third kappa shape index (κ3) is 5.94. The summed E-state index contributed by atoms with van der Waals surface area (Å²) in [5.41, 5.74) is 5.58. The highest BCUT2D eigenvalue weighted by Crippen LogP contribution is 2.29. The highest BCUT2D eigenvalue weighted by atomic mass is 16.2. The summed E-state index contributed by atoms with van der Waals surface area (Å²) in [7, 11) is 0. The van der Waals surface area contributed by atoms with E-state index in [0.29, 0.717) is 28.2 Å². The maximum absolute atomic E-state index is 14.1. The monoisotopic (exact) mass is 544 g/mol. The molecule has 0 aromatic heterocycles. The van der Waals surface area contributed by atoms with Gasteiger partial charge in [-0.3, -0.25) is 9.59 Å². The number of fused-ring (bicyclic) bond motifs is 1. The van der Waals surface area contributed by atoms with Crippen molar-refractivity contribution in [2.24, 2.45) is 4.99 Å². The Hall–Kier alpha value is -5.04. The summed E-state index contributed by atoms with van der Waals surface area (Å²) >= 11 is 0. The van der Waals surface area contributed by atoms with Crippen molar-refractivity contribution in [1.29, 1.82) is 0 Å². The number of ketones is 1. The predicted molar refractivity (Wildman–Crippen MR) is 163 cm³/mol. The standard InChI is InChI=1S/C34H32N4O3/c1-22(2)25-16-9-11-19-28(25)35-34(41)37-32-33(40)38(21-30(39)26-17-8-7-13-23(26)3)29-20-12-10-18-27(29)31(36-32)24-14-5-4-6-15-24/h4-20,22,32H,21H2,1-3H3,(H2,35,37,41)/t32-/m0/s1. The van der Waals surface area contributed by atoms with Crippen LogP contribution in [0.5, 0.6) is 0 Å². The topological polar surface area (TPSA) is 90.9 Å². The molecule has 0 radical (unpaired) electrons. The Balaban J connectivity index is 1.54. The quantitative estimate of drug-likeness (QED) is 0.266. The first-order valence-corrected chi connectivity index (χ1v) is 13.6. The van der Waals surface area contributed by atoms with Crippen molar-refractivity contribution in [3.63, 3.8) is 0 Å². The normalized spacial score (nSPS) is 14.6. The summed E-state index contributed by atoms with van der Waals surface area (Å²) in [6.07, 6.45) is -1.27. The van der Waals surface area contributed by atoms with Crippen LogP contribution >= 0.6 is 0 Å². The Kier molecular flexibility index (Phi) is 8.06. The molecule has 4 aromatic carbocycles. The van der Waals surface area contributed by atoms with Gasteiger partial charge in [-0.2, -0.15) is 0 Å². The molecule has 7 nitrogen and oxygen atoms in total. The second-order valence-electron chi connectivity index (χ2n) is 10.3. The van der Waals surface area contributed by atoms with Crippen LogP contribution in [-0.4, -0.2) is 36.1 Å². The van der Waals surface area contributed by atoms with Gasteiger partial charge in [-0.15, -0.1) is 0 Å². The minimum Gasteiger partial charge on any atom is -0.308 e. The van der Waals surface area contributed by atoms with Gasteiger partial charge in [0.05, 0.1) is 17.9 Å². The lowest BCUT2D eigenvalue weighted by molar-refractivity contribution is -0.120. The number of anilines is 2. The van der Waals surface area contributed by atoms with Crippen molar-refractivity contribution in [2.45, 2.75) is 32.9 Å². The van der Waals surface area contributed by atoms with Crippen molar-refractivity contribution in [3.05, 3.63) is 131 Å². The number of nitrogens with one attached hydrogen (secondary N) is 2. The van der Waals surface area contributed by atoms with Gasteiger partial charge in [-0.1, -0.05) is 105 Å². The van der Waals surface area contributed by atoms with Gasteiger partial charge in [-0.25, -0.2) is 9.79 Å². The van der Waals surface area contributed by atoms with Gasteiger partial charge in [0, 0.05) is 22.4 Å². The molecule has 0 saturated carbocycles. The summed E-state index contributed by atoms with van der Waals surface area (Å²) in [5, 5.41) is 5.66. The lowest BCUT2D eigenvalue weighted by Gasteiger charge is -2.25. The summed E-state index contributed by atoms with van der Waals surface area (Å²) in [5.74, 6) is -0.521. The molecular formula is C34H32N4O3. The van der Waals surface area contributed by atoms with Crippen LogP contribution in [0.15, 0.2) is 108 Å². The number of carbonyl (C=O) groups is 3. The van der Waals surface area contributed by atoms with Gasteiger partial charge < -0.3 is 15.5 Å². The number of aliphatic imine (C=N–C) groups is 1. The Morgan fingerprint density at radius 1 is 0.854 bits per heavy atom. The number of nitrogens with zero attached hydrogens (tertiary/aromatic N) is 2. The summed E-state index contributed by atoms with van der Waals surface area (Å²) < 4.78 is 0. The van der Waals surface area contributed by atoms with E-state index in [4.69, 9.17) is 4.99 Å². The maximum atomic E-state index is 14.1. The molecule has 1 atom stereocenters. The van der Waals surface area contributed by atoms with Gasteiger partial charge in [0.25, 0.3) is 5.91 Å². The van der Waals surface area contributed by atoms with Crippen LogP contribution in [0.25, 0.3) is 0 Å². The zero-order valence-electron chi connectivity index (χ0n) is 23.3. The van der Waals surface area contributed by atoms with Gasteiger partial charge >= 0.3 is 6.03 Å². The Morgan fingerprint density at radius 2 is 1.51 bits per heavy atom. The lowest BCUT2D eigenvalue weighted by Crippen LogP contribution is -2.50. The van der Waals surface area contributed by atoms with Gasteiger partial charge in [0.15, 0.2) is 5.78 Å². The zero-order chi connectivity index (χ0) is 28.9. The molecule has 1 aliphatic heterocycles. The molecule has 0 unspecified atom stereocenters. The number of Topliss-reactive ketones (excluding diaryl/α,β-unsaturated/α-hetero) is 1. The number of para-hydroxylation sites is 2. The molecule has 4 aromatic rings. The fourth-order valence-electron chi connectivity index (χ4n) is 5.02. The summed E-state index contributed by atoms with van der Waals surface area (Å²) in [6.45, 7) is 5.76. The Morgan fingerprint density at radius 3 is 2.27 bits per heavy atom. The molecule has 206 valence electrons. The van der Waals surface area contributed by atoms with Gasteiger partial charge in [-0.05, 0) is 36.1 Å². The summed E-state index contributed by atoms with van der Waals surface area (Å²) in [6, 6.07) is 31.2. The first-order valence-electron chi connectivity index (χ1n) is 13.6. The fraction of sp³-hybridized carbons (Fsp3) is 0.176. The van der Waals surface area contributed by atoms with Crippen molar-refractivity contribution in [3.8, 4) is 0 Å². The molecule has 3 amide bonds. The van der Waals surface area contributed by atoms with Crippen LogP contribution in [-0.2, 0) is 4.79 Å². The average molecular weight is 545 g/mol. The third-order valence-electron chi connectivity index (χ3n) is 7.10. The number of benzene rings is 4. The van der Waals surface area contributed by atoms with E-state index in [1.165, 1.54) is 4.90 Å². The van der Waals surface area contributed by atoms with E-state index >= 15 is 0 Å². The van der Waals surface area contributed by atoms with E-state index in [1.54, 1.807) is 18.2 Å². The second kappa shape index (κ2) is 12.0. The van der Waals surface area contributed by atoms with E-state index in [1.807, 2.05) is 106 Å². The maximum Gasteiger partial charge on any atom is 0.321 e. The number of hydrogen-bond acceptors (Lipinski definition) is 4. The molecule has 2 N–H and O–H groups in total. The molecule has 0 spiro atoms. The SMILES string of the molecule is Cc1ccccc1C(=O)CN1C(=O)[C@H](NC(=O)Nc2ccccc2C(C)C)N=C(c2ccccc2)c2ccccc21. The molecular weight excluding hydrogens is 512 g/mol. The Bertz CT molecular complexity index is 1630. The molecule has 0 saturated heterocycles. The number of aryl methyl sites for hydroxylation is 1. The largest absolute Gasteiger partial charge is 0.321 e. The zero-order valence-corrected chi connectivity index (χ0v) is 23.3. The average Bonchev–Trinajstić information content (AvgIpc) is 3.08. The van der Waals surface area contributed by atoms with Crippen molar-refractivity contribution in [2.75, 3.05) is 16.8 Å². The number of benzodiazepines with no additional fused rings is 1. The smallest absolute Gasteiger partial charge is 0.308 e. The molecule has 0 fully saturated rings. The van der Waals surface area contributed by atoms with Crippen molar-refractivity contribution in [1.82, 2.24) is 5.32 Å². The number of amides is 3. The summed E-state index contributed by atoms with van der Waals surface area (Å²) in [4.78, 5) is 47.1. The van der Waals surface area contributed by atoms with Crippen molar-refractivity contribution < 1.29 is 14.4 Å². The van der Waals surface area contributed by atoms with Crippen LogP contribution in [0.3, 0.4) is 0 Å². The van der Waals surface area contributed by atoms with E-state index < -0.39 is 18.1 Å². The number of carbonyl (C=O) groups excluding carboxylic acids is 3. The minimum absolute atomic E-state index is 0.186. The molecule has 1 heterocycles. The third-order valence-corrected chi connectivity index (χ3v) is 7.10. The number of hydrogen-bond donors (Lipinski definition) is 2. The molecule has 0 bridgehead atoms. The predicted octanol–water partition coefficient (Wildman–Crippen LogP) is 6.33. The van der Waals surface area contributed by atoms with E-state index in [9.17, 15) is 14.4 Å². The molecule has 41 heavy (non-hydrogen) atoms.